The predicted octanol–water partition coefficient (Wildman–Crippen LogP) is 4.40. The monoisotopic (exact) mass is 331 g/mol. The molecule has 0 atom stereocenters. The lowest BCUT2D eigenvalue weighted by Crippen LogP contribution is -2.37. The molecule has 1 aromatic heterocycles. The van der Waals surface area contributed by atoms with Crippen molar-refractivity contribution in [3.8, 4) is 0 Å². The van der Waals surface area contributed by atoms with Gasteiger partial charge in [0.2, 0.25) is 5.82 Å². The first-order chi connectivity index (χ1) is 8.79. The molecule has 0 unspecified atom stereocenters. The quantitative estimate of drug-likeness (QED) is 0.843. The predicted molar refractivity (Wildman–Crippen MR) is 75.3 cm³/mol. The van der Waals surface area contributed by atoms with Crippen molar-refractivity contribution in [3.63, 3.8) is 0 Å². The molecule has 0 saturated heterocycles. The van der Waals surface area contributed by atoms with Gasteiger partial charge < -0.3 is 9.73 Å². The summed E-state index contributed by atoms with van der Waals surface area (Å²) in [6.45, 7) is 6.96. The first-order valence-corrected chi connectivity index (χ1v) is 6.87. The minimum atomic E-state index is -0.937. The number of rotatable bonds is 3. The van der Waals surface area contributed by atoms with Gasteiger partial charge in [-0.1, -0.05) is 0 Å². The van der Waals surface area contributed by atoms with E-state index in [1.807, 2.05) is 0 Å². The fourth-order valence-electron chi connectivity index (χ4n) is 1.93. The van der Waals surface area contributed by atoms with E-state index in [9.17, 15) is 8.78 Å². The lowest BCUT2D eigenvalue weighted by atomic mass is 10.1. The number of hydrogen-bond acceptors (Lipinski definition) is 2. The smallest absolute Gasteiger partial charge is 0.201 e. The Morgan fingerprint density at radius 1 is 1.32 bits per heavy atom. The first-order valence-electron chi connectivity index (χ1n) is 6.08. The zero-order chi connectivity index (χ0) is 14.2. The summed E-state index contributed by atoms with van der Waals surface area (Å²) in [6, 6.07) is 1.13. The third-order valence-electron chi connectivity index (χ3n) is 2.82. The van der Waals surface area contributed by atoms with E-state index in [0.29, 0.717) is 16.3 Å². The summed E-state index contributed by atoms with van der Waals surface area (Å²) in [5, 5.41) is 3.95. The second kappa shape index (κ2) is 5.21. The molecule has 5 heteroatoms. The van der Waals surface area contributed by atoms with Gasteiger partial charge in [0.15, 0.2) is 11.4 Å². The van der Waals surface area contributed by atoms with E-state index in [1.54, 1.807) is 0 Å². The molecule has 19 heavy (non-hydrogen) atoms. The Balaban J connectivity index is 2.28. The van der Waals surface area contributed by atoms with Crippen LogP contribution >= 0.6 is 15.9 Å². The van der Waals surface area contributed by atoms with Gasteiger partial charge in [0, 0.05) is 21.0 Å². The molecule has 1 heterocycles. The molecule has 0 bridgehead atoms. The maximum Gasteiger partial charge on any atom is 0.201 e. The Kier molecular flexibility index (Phi) is 3.97. The zero-order valence-corrected chi connectivity index (χ0v) is 12.7. The second-order valence-electron chi connectivity index (χ2n) is 5.55. The molecule has 1 N–H and O–H groups in total. The third-order valence-corrected chi connectivity index (χ3v) is 3.44. The molecule has 0 amide bonds. The molecule has 2 aromatic rings. The van der Waals surface area contributed by atoms with Crippen molar-refractivity contribution in [2.45, 2.75) is 32.7 Å². The molecule has 104 valence electrons. The Morgan fingerprint density at radius 2 is 2.00 bits per heavy atom. The van der Waals surface area contributed by atoms with Crippen molar-refractivity contribution in [1.82, 2.24) is 5.32 Å². The van der Waals surface area contributed by atoms with Gasteiger partial charge in [-0.3, -0.25) is 0 Å². The van der Waals surface area contributed by atoms with E-state index in [0.717, 1.165) is 18.2 Å². The fraction of sp³-hybridized carbons (Fsp3) is 0.429. The number of benzene rings is 1. The summed E-state index contributed by atoms with van der Waals surface area (Å²) in [5.41, 5.74) is 0.851. The molecule has 0 aliphatic carbocycles. The van der Waals surface area contributed by atoms with Gasteiger partial charge in [0.25, 0.3) is 0 Å². The number of halogens is 3. The standard InChI is InChI=1S/C14H16BrF2NO/c1-14(2,3)18-5-4-8-7-19-13-11(8)9(15)6-10(16)12(13)17/h6-7,18H,4-5H2,1-3H3. The van der Waals surface area contributed by atoms with Crippen LogP contribution < -0.4 is 5.32 Å². The largest absolute Gasteiger partial charge is 0.461 e. The van der Waals surface area contributed by atoms with Gasteiger partial charge in [0.1, 0.15) is 0 Å². The van der Waals surface area contributed by atoms with Gasteiger partial charge in [0.05, 0.1) is 6.26 Å². The van der Waals surface area contributed by atoms with E-state index < -0.39 is 11.6 Å². The Labute approximate surface area is 119 Å². The minimum absolute atomic E-state index is 0.0220. The van der Waals surface area contributed by atoms with Gasteiger partial charge in [-0.25, -0.2) is 4.39 Å². The van der Waals surface area contributed by atoms with Gasteiger partial charge in [-0.05, 0) is 55.7 Å². The lowest BCUT2D eigenvalue weighted by Gasteiger charge is -2.20. The molecule has 0 aliphatic rings. The Hall–Kier alpha value is -0.940. The van der Waals surface area contributed by atoms with Crippen LogP contribution in [0.1, 0.15) is 26.3 Å². The molecule has 2 rings (SSSR count). The van der Waals surface area contributed by atoms with E-state index in [4.69, 9.17) is 4.42 Å². The molecule has 0 fully saturated rings. The normalized spacial score (nSPS) is 12.3. The Bertz CT molecular complexity index is 601. The van der Waals surface area contributed by atoms with Crippen LogP contribution in [-0.4, -0.2) is 12.1 Å². The molecule has 0 radical (unpaired) electrons. The summed E-state index contributed by atoms with van der Waals surface area (Å²) < 4.78 is 32.5. The van der Waals surface area contributed by atoms with Crippen LogP contribution in [0.3, 0.4) is 0 Å². The Morgan fingerprint density at radius 3 is 2.63 bits per heavy atom. The topological polar surface area (TPSA) is 25.2 Å². The summed E-state index contributed by atoms with van der Waals surface area (Å²) in [7, 11) is 0. The average molecular weight is 332 g/mol. The van der Waals surface area contributed by atoms with Crippen molar-refractivity contribution < 1.29 is 13.2 Å². The zero-order valence-electron chi connectivity index (χ0n) is 11.1. The highest BCUT2D eigenvalue weighted by Gasteiger charge is 2.18. The SMILES string of the molecule is CC(C)(C)NCCc1coc2c(F)c(F)cc(Br)c12. The van der Waals surface area contributed by atoms with E-state index in [2.05, 4.69) is 42.0 Å². The van der Waals surface area contributed by atoms with Crippen molar-refractivity contribution in [1.29, 1.82) is 0 Å². The van der Waals surface area contributed by atoms with Crippen LogP contribution in [0.4, 0.5) is 8.78 Å². The van der Waals surface area contributed by atoms with E-state index in [1.165, 1.54) is 6.26 Å². The van der Waals surface area contributed by atoms with Crippen LogP contribution in [-0.2, 0) is 6.42 Å². The molecule has 2 nitrogen and oxygen atoms in total. The molecule has 0 saturated carbocycles. The fourth-order valence-corrected chi connectivity index (χ4v) is 2.56. The number of nitrogens with one attached hydrogen (secondary N) is 1. The molecule has 0 spiro atoms. The highest BCUT2D eigenvalue weighted by atomic mass is 79.9. The van der Waals surface area contributed by atoms with Crippen LogP contribution in [0.2, 0.25) is 0 Å². The summed E-state index contributed by atoms with van der Waals surface area (Å²) in [5.74, 6) is -1.85. The third kappa shape index (κ3) is 3.15. The molecule has 0 aliphatic heterocycles. The second-order valence-corrected chi connectivity index (χ2v) is 6.40. The number of furan rings is 1. The summed E-state index contributed by atoms with van der Waals surface area (Å²) >= 11 is 3.26. The summed E-state index contributed by atoms with van der Waals surface area (Å²) in [4.78, 5) is 0. The maximum absolute atomic E-state index is 13.6. The highest BCUT2D eigenvalue weighted by molar-refractivity contribution is 9.10. The molecular weight excluding hydrogens is 316 g/mol. The van der Waals surface area contributed by atoms with Crippen molar-refractivity contribution >= 4 is 26.9 Å². The van der Waals surface area contributed by atoms with Crippen LogP contribution in [0.5, 0.6) is 0 Å². The molecular formula is C14H16BrF2NO. The van der Waals surface area contributed by atoms with Crippen molar-refractivity contribution in [3.05, 3.63) is 34.0 Å². The summed E-state index contributed by atoms with van der Waals surface area (Å²) in [6.07, 6.45) is 2.18. The van der Waals surface area contributed by atoms with E-state index in [-0.39, 0.29) is 11.1 Å². The van der Waals surface area contributed by atoms with Crippen molar-refractivity contribution in [2.75, 3.05) is 6.54 Å². The number of hydrogen-bond donors (Lipinski definition) is 1. The average Bonchev–Trinajstić information content (AvgIpc) is 2.69. The minimum Gasteiger partial charge on any atom is -0.461 e. The number of fused-ring (bicyclic) bond motifs is 1. The van der Waals surface area contributed by atoms with E-state index >= 15 is 0 Å². The molecule has 1 aromatic carbocycles. The van der Waals surface area contributed by atoms with Crippen LogP contribution in [0.15, 0.2) is 21.2 Å². The first kappa shape index (κ1) is 14.5. The maximum atomic E-state index is 13.6. The van der Waals surface area contributed by atoms with Crippen molar-refractivity contribution in [2.24, 2.45) is 0 Å². The van der Waals surface area contributed by atoms with Crippen LogP contribution in [0.25, 0.3) is 11.0 Å². The van der Waals surface area contributed by atoms with Gasteiger partial charge in [-0.2, -0.15) is 4.39 Å². The van der Waals surface area contributed by atoms with Crippen LogP contribution in [0, 0.1) is 11.6 Å². The highest BCUT2D eigenvalue weighted by Crippen LogP contribution is 2.32. The van der Waals surface area contributed by atoms with Gasteiger partial charge >= 0.3 is 0 Å². The lowest BCUT2D eigenvalue weighted by molar-refractivity contribution is 0.429. The van der Waals surface area contributed by atoms with Gasteiger partial charge in [-0.15, -0.1) is 0 Å².